The Balaban J connectivity index is 0.000000154. The van der Waals surface area contributed by atoms with E-state index in [4.69, 9.17) is 14.9 Å². The van der Waals surface area contributed by atoms with Crippen molar-refractivity contribution in [2.45, 2.75) is 47.7 Å². The fraction of sp³-hybridized carbons (Fsp3) is 0.0941. The van der Waals surface area contributed by atoms with Crippen LogP contribution in [0.2, 0.25) is 0 Å². The number of halogens is 8. The van der Waals surface area contributed by atoms with Gasteiger partial charge in [-0.05, 0) is 119 Å². The summed E-state index contributed by atoms with van der Waals surface area (Å²) in [5.74, 6) is -6.02. The van der Waals surface area contributed by atoms with Gasteiger partial charge in [0.15, 0.2) is 35.9 Å². The van der Waals surface area contributed by atoms with Gasteiger partial charge >= 0.3 is 6.18 Å². The van der Waals surface area contributed by atoms with Gasteiger partial charge in [0, 0.05) is 147 Å². The third-order valence-corrected chi connectivity index (χ3v) is 20.3. The van der Waals surface area contributed by atoms with Crippen molar-refractivity contribution in [3.05, 3.63) is 306 Å². The number of hydrogen-bond acceptors (Lipinski definition) is 15. The first-order chi connectivity index (χ1) is 54.0. The summed E-state index contributed by atoms with van der Waals surface area (Å²) in [5, 5.41) is 45.5. The van der Waals surface area contributed by atoms with Gasteiger partial charge in [-0.3, -0.25) is 37.7 Å². The third-order valence-electron chi connectivity index (χ3n) is 18.6. The minimum absolute atomic E-state index is 0. The summed E-state index contributed by atoms with van der Waals surface area (Å²) in [6.45, 7) is 16.7. The molecule has 0 unspecified atom stereocenters. The van der Waals surface area contributed by atoms with E-state index in [0.29, 0.717) is 22.8 Å². The first kappa shape index (κ1) is 88.9. The van der Waals surface area contributed by atoms with Crippen LogP contribution in [0.1, 0.15) is 39.1 Å². The molecule has 32 heteroatoms. The number of benzene rings is 9. The van der Waals surface area contributed by atoms with E-state index in [1.165, 1.54) is 60.7 Å². The van der Waals surface area contributed by atoms with Gasteiger partial charge < -0.3 is 52.6 Å². The summed E-state index contributed by atoms with van der Waals surface area (Å²) < 4.78 is 121. The van der Waals surface area contributed by atoms with Gasteiger partial charge in [-0.15, -0.1) is 59.3 Å². The quantitative estimate of drug-likeness (QED) is 0.0485. The Kier molecular flexibility index (Phi) is 28.1. The van der Waals surface area contributed by atoms with Gasteiger partial charge in [-0.25, -0.2) is 24.2 Å². The molecular formula is C85H56F8Ir5N16OS2-8. The molecule has 10 heterocycles. The number of hydrogen-bond donors (Lipinski definition) is 0. The van der Waals surface area contributed by atoms with Gasteiger partial charge in [-0.2, -0.15) is 33.3 Å². The zero-order chi connectivity index (χ0) is 78.6. The van der Waals surface area contributed by atoms with Crippen molar-refractivity contribution in [1.82, 2.24) is 38.8 Å². The van der Waals surface area contributed by atoms with E-state index < -0.39 is 52.1 Å². The molecule has 117 heavy (non-hydrogen) atoms. The molecular weight excluding hydrogens is 2440 g/mol. The van der Waals surface area contributed by atoms with E-state index in [0.717, 1.165) is 116 Å². The molecule has 3 aliphatic rings. The number of aryl methyl sites for hydroxylation is 7. The van der Waals surface area contributed by atoms with Gasteiger partial charge in [0.1, 0.15) is 11.6 Å². The summed E-state index contributed by atoms with van der Waals surface area (Å²) in [6.07, 6.45) is 13.2. The molecule has 0 saturated carbocycles. The monoisotopic (exact) mass is 2500 g/mol. The first-order valence-electron chi connectivity index (χ1n) is 34.2. The van der Waals surface area contributed by atoms with Crippen molar-refractivity contribution in [2.24, 2.45) is 7.05 Å². The van der Waals surface area contributed by atoms with E-state index in [2.05, 4.69) is 80.8 Å². The molecule has 5 radical (unpaired) electrons. The Bertz CT molecular complexity index is 6480. The number of furan rings is 1. The number of nitrogens with zero attached hydrogens (tertiary/aromatic N) is 16. The molecule has 0 fully saturated rings. The predicted molar refractivity (Wildman–Crippen MR) is 417 cm³/mol. The van der Waals surface area contributed by atoms with E-state index in [9.17, 15) is 40.4 Å². The Morgan fingerprint density at radius 2 is 0.974 bits per heavy atom. The SMILES string of the molecule is Cc1cc(C)c(-n2cc(C(F)(F)F)nc2-c2[c-]sc3ccccc23)c(C)c1.Cc1cc(C)c(-n2cc(F)nc2-c2[c-]sc3ccccc23)c(C)c1.Cn1[c-]c(N2C=CN(C#N)[CH-]2)c2ccccc21.N#CN1[CH-]N(c2[c-]oc3c(F)c(F)c(F)c(F)c23)c2ccccc21.N#CN1[CH-]N(c2[n-]nc3ccccc23)c2ccccc21.[Ir].[Ir].[Ir].[Ir].[Ir]. The molecule has 3 aliphatic heterocycles. The molecule has 17 nitrogen and oxygen atoms in total. The van der Waals surface area contributed by atoms with Crippen molar-refractivity contribution in [2.75, 3.05) is 24.5 Å². The maximum Gasteiger partial charge on any atom is 0.433 e. The molecule has 7 aromatic heterocycles. The second-order valence-corrected chi connectivity index (χ2v) is 27.7. The summed E-state index contributed by atoms with van der Waals surface area (Å²) in [5.41, 5.74) is 13.2. The number of imidazole rings is 2. The van der Waals surface area contributed by atoms with Crippen LogP contribution in [0.4, 0.5) is 75.1 Å². The van der Waals surface area contributed by atoms with Crippen LogP contribution < -0.4 is 29.6 Å². The van der Waals surface area contributed by atoms with Crippen molar-refractivity contribution >= 4 is 116 Å². The minimum atomic E-state index is -4.52. The normalized spacial score (nSPS) is 12.3. The summed E-state index contributed by atoms with van der Waals surface area (Å²) in [6, 6.07) is 54.1. The topological polar surface area (TPSA) is 172 Å². The number of rotatable bonds is 7. The standard InChI is InChI=1S/C21H16F3N2S.C20H16FN2S.C16H5F4N3O.C15H9N5.C13H10N4.5Ir/c1-12-8-13(2)19(14(3)9-12)26-10-18(21(22,23)24)25-20(26)16-11-27-17-7-5-4-6-15(16)17;1-12-8-13(2)19(14(3)9-12)23-10-18(21)22-20(23)16-11-24-17-7-5-4-6-15(16)17;17-12-11-10(5-24-16(11)15(20)14(19)13(12)18)23-7-22(6-21)8-3-1-2-4-9(8)23;16-9-19-10-20(14-8-4-3-7-13(14)19)15-11-5-1-2-6-12(11)17-18-15;1-15-8-13(11-4-2-3-5-12(11)15)17-7-6-16(9-14)10-17;;;;;/h4-10H,1-3H3;4-10H,1-3H3;1-4,7H;1-8,10H;2-7,10H,1H3;;;;;/q2*-1;3*-2;;;;;. The molecule has 19 rings (SSSR count). The Morgan fingerprint density at radius 3 is 1.51 bits per heavy atom. The minimum Gasteiger partial charge on any atom is -0.586 e. The van der Waals surface area contributed by atoms with Gasteiger partial charge in [-0.1, -0.05) is 193 Å². The molecule has 16 aromatic rings. The maximum atomic E-state index is 14.2. The Morgan fingerprint density at radius 1 is 0.504 bits per heavy atom. The van der Waals surface area contributed by atoms with Crippen LogP contribution in [-0.4, -0.2) is 33.7 Å². The van der Waals surface area contributed by atoms with Crippen LogP contribution >= 0.6 is 22.7 Å². The van der Waals surface area contributed by atoms with Crippen LogP contribution in [0.5, 0.6) is 0 Å². The van der Waals surface area contributed by atoms with Crippen molar-refractivity contribution in [1.29, 1.82) is 15.8 Å². The van der Waals surface area contributed by atoms with Crippen LogP contribution in [0.15, 0.2) is 199 Å². The average molecular weight is 2490 g/mol. The Hall–Kier alpha value is -10.4. The van der Waals surface area contributed by atoms with Crippen LogP contribution in [-0.2, 0) is 114 Å². The molecule has 0 atom stereocenters. The molecule has 0 aliphatic carbocycles. The number of fused-ring (bicyclic) bond motifs is 7. The second kappa shape index (κ2) is 37.0. The molecule has 9 aromatic carbocycles. The number of aromatic nitrogens is 7. The maximum absolute atomic E-state index is 14.2. The van der Waals surface area contributed by atoms with Crippen molar-refractivity contribution in [3.63, 3.8) is 0 Å². The van der Waals surface area contributed by atoms with E-state index in [1.807, 2.05) is 201 Å². The third kappa shape index (κ3) is 17.2. The number of thiophene rings is 2. The first-order valence-corrected chi connectivity index (χ1v) is 35.9. The largest absolute Gasteiger partial charge is 0.586 e. The summed E-state index contributed by atoms with van der Waals surface area (Å²) in [7, 11) is 1.97. The number of para-hydroxylation sites is 5. The molecule has 603 valence electrons. The summed E-state index contributed by atoms with van der Waals surface area (Å²) in [4.78, 5) is 17.4. The van der Waals surface area contributed by atoms with Crippen molar-refractivity contribution < 1.29 is 140 Å². The fourth-order valence-electron chi connectivity index (χ4n) is 13.9. The number of alkyl halides is 3. The smallest absolute Gasteiger partial charge is 0.433 e. The zero-order valence-electron chi connectivity index (χ0n) is 61.8. The van der Waals surface area contributed by atoms with E-state index in [1.54, 1.807) is 48.4 Å². The van der Waals surface area contributed by atoms with Gasteiger partial charge in [0.25, 0.3) is 0 Å². The van der Waals surface area contributed by atoms with Crippen LogP contribution in [0.3, 0.4) is 0 Å². The van der Waals surface area contributed by atoms with Crippen LogP contribution in [0, 0.1) is 148 Å². The van der Waals surface area contributed by atoms with Crippen molar-refractivity contribution in [3.8, 4) is 52.7 Å². The average Bonchev–Trinajstić information content (AvgIpc) is 1.61. The predicted octanol–water partition coefficient (Wildman–Crippen LogP) is 21.4. The van der Waals surface area contributed by atoms with Gasteiger partial charge in [0.2, 0.25) is 5.95 Å². The zero-order valence-corrected chi connectivity index (χ0v) is 75.4. The van der Waals surface area contributed by atoms with E-state index in [-0.39, 0.29) is 112 Å². The van der Waals surface area contributed by atoms with E-state index >= 15 is 0 Å². The molecule has 0 saturated heterocycles. The number of anilines is 7. The fourth-order valence-corrected chi connectivity index (χ4v) is 15.6. The molecule has 0 bridgehead atoms. The second-order valence-electron chi connectivity index (χ2n) is 26.0. The van der Waals surface area contributed by atoms with Gasteiger partial charge in [0.05, 0.1) is 23.4 Å². The Labute approximate surface area is 741 Å². The molecule has 0 spiro atoms. The molecule has 0 amide bonds. The summed E-state index contributed by atoms with van der Waals surface area (Å²) >= 11 is 2.91. The molecule has 0 N–H and O–H groups in total. The number of nitriles is 3. The van der Waals surface area contributed by atoms with Crippen LogP contribution in [0.25, 0.3) is 87.1 Å².